The van der Waals surface area contributed by atoms with E-state index in [0.29, 0.717) is 6.54 Å². The SMILES string of the molecule is CCCCCCCCCCCCCCCCCCN(CCO)C(O)c1ccccc1-c1c2ccc(=[N+](CC)CC)cc-2oc2cc(N(CC)CC)ccc12. The summed E-state index contributed by atoms with van der Waals surface area (Å²) in [4.78, 5) is 4.39. The average Bonchev–Trinajstić information content (AvgIpc) is 3.20. The molecule has 0 bridgehead atoms. The van der Waals surface area contributed by atoms with Crippen molar-refractivity contribution in [1.82, 2.24) is 9.48 Å². The predicted octanol–water partition coefficient (Wildman–Crippen LogP) is 11.4. The lowest BCUT2D eigenvalue weighted by atomic mass is 9.90. The molecule has 1 atom stereocenters. The van der Waals surface area contributed by atoms with Gasteiger partial charge in [-0.2, -0.15) is 0 Å². The molecule has 0 amide bonds. The first-order chi connectivity index (χ1) is 26.5. The fourth-order valence-electron chi connectivity index (χ4n) is 8.22. The lowest BCUT2D eigenvalue weighted by Crippen LogP contribution is -2.32. The van der Waals surface area contributed by atoms with Crippen LogP contribution in [0.4, 0.5) is 5.69 Å². The summed E-state index contributed by atoms with van der Waals surface area (Å²) < 4.78 is 9.08. The van der Waals surface area contributed by atoms with E-state index in [0.717, 1.165) is 95.6 Å². The second-order valence-corrected chi connectivity index (χ2v) is 15.2. The van der Waals surface area contributed by atoms with E-state index in [1.807, 2.05) is 12.1 Å². The van der Waals surface area contributed by atoms with Gasteiger partial charge in [0.05, 0.1) is 12.7 Å². The number of hydrogen-bond acceptors (Lipinski definition) is 5. The Morgan fingerprint density at radius 2 is 1.22 bits per heavy atom. The highest BCUT2D eigenvalue weighted by molar-refractivity contribution is 6.03. The summed E-state index contributed by atoms with van der Waals surface area (Å²) in [6.45, 7) is 15.9. The van der Waals surface area contributed by atoms with E-state index >= 15 is 0 Å². The Labute approximate surface area is 328 Å². The number of hydrogen-bond donors (Lipinski definition) is 2. The molecule has 0 aromatic heterocycles. The number of nitrogens with zero attached hydrogens (tertiary/aromatic N) is 3. The molecule has 0 saturated heterocycles. The van der Waals surface area contributed by atoms with Crippen LogP contribution in [0.25, 0.3) is 33.4 Å². The summed E-state index contributed by atoms with van der Waals surface area (Å²) in [6.07, 6.45) is 20.5. The highest BCUT2D eigenvalue weighted by atomic mass is 16.3. The highest BCUT2D eigenvalue weighted by Crippen LogP contribution is 2.43. The summed E-state index contributed by atoms with van der Waals surface area (Å²) in [5.41, 5.74) is 5.93. The minimum Gasteiger partial charge on any atom is -0.456 e. The molecule has 2 N–H and O–H groups in total. The van der Waals surface area contributed by atoms with Crippen molar-refractivity contribution in [3.63, 3.8) is 0 Å². The van der Waals surface area contributed by atoms with E-state index in [1.54, 1.807) is 0 Å². The van der Waals surface area contributed by atoms with Crippen molar-refractivity contribution < 1.29 is 14.6 Å². The number of aliphatic hydroxyl groups is 2. The molecule has 1 unspecified atom stereocenters. The third-order valence-corrected chi connectivity index (χ3v) is 11.5. The zero-order chi connectivity index (χ0) is 38.5. The number of fused-ring (bicyclic) bond motifs is 2. The Kier molecular flexibility index (Phi) is 19.6. The van der Waals surface area contributed by atoms with Crippen molar-refractivity contribution in [1.29, 1.82) is 0 Å². The lowest BCUT2D eigenvalue weighted by Gasteiger charge is -2.29. The maximum Gasteiger partial charge on any atom is 0.203 e. The number of anilines is 1. The van der Waals surface area contributed by atoms with E-state index in [1.165, 1.54) is 89.9 Å². The molecule has 2 aromatic carbocycles. The molecular formula is C48H74N3O3+. The van der Waals surface area contributed by atoms with Crippen molar-refractivity contribution in [2.45, 2.75) is 144 Å². The summed E-state index contributed by atoms with van der Waals surface area (Å²) in [7, 11) is 0. The zero-order valence-corrected chi connectivity index (χ0v) is 34.8. The van der Waals surface area contributed by atoms with Crippen LogP contribution in [-0.2, 0) is 0 Å². The molecule has 54 heavy (non-hydrogen) atoms. The van der Waals surface area contributed by atoms with Crippen LogP contribution in [-0.4, -0.2) is 61.0 Å². The van der Waals surface area contributed by atoms with Gasteiger partial charge in [-0.1, -0.05) is 128 Å². The topological polar surface area (TPSA) is 63.1 Å². The fourth-order valence-corrected chi connectivity index (χ4v) is 8.22. The van der Waals surface area contributed by atoms with Gasteiger partial charge in [0.25, 0.3) is 0 Å². The lowest BCUT2D eigenvalue weighted by molar-refractivity contribution is -0.00821. The van der Waals surface area contributed by atoms with Gasteiger partial charge in [-0.3, -0.25) is 4.90 Å². The predicted molar refractivity (Wildman–Crippen MR) is 231 cm³/mol. The molecule has 4 rings (SSSR count). The van der Waals surface area contributed by atoms with Crippen LogP contribution in [0, 0.1) is 0 Å². The number of benzene rings is 3. The van der Waals surface area contributed by atoms with Crippen LogP contribution < -0.4 is 14.8 Å². The Morgan fingerprint density at radius 3 is 1.80 bits per heavy atom. The van der Waals surface area contributed by atoms with Gasteiger partial charge in [-0.15, -0.1) is 0 Å². The van der Waals surface area contributed by atoms with Crippen LogP contribution in [0.15, 0.2) is 65.1 Å². The summed E-state index contributed by atoms with van der Waals surface area (Å²) in [5, 5.41) is 24.3. The van der Waals surface area contributed by atoms with Crippen LogP contribution in [0.3, 0.4) is 0 Å². The highest BCUT2D eigenvalue weighted by Gasteiger charge is 2.25. The van der Waals surface area contributed by atoms with Gasteiger partial charge in [0.2, 0.25) is 5.36 Å². The number of unbranched alkanes of at least 4 members (excludes halogenated alkanes) is 15. The minimum absolute atomic E-state index is 0.0103. The summed E-state index contributed by atoms with van der Waals surface area (Å²) >= 11 is 0. The molecule has 6 heteroatoms. The van der Waals surface area contributed by atoms with Gasteiger partial charge < -0.3 is 19.5 Å². The number of rotatable bonds is 27. The summed E-state index contributed by atoms with van der Waals surface area (Å²) in [5.74, 6) is 0.836. The molecule has 2 aliphatic rings. The number of aliphatic hydroxyl groups excluding tert-OH is 2. The molecule has 0 radical (unpaired) electrons. The maximum absolute atomic E-state index is 12.1. The first-order valence-corrected chi connectivity index (χ1v) is 22.0. The monoisotopic (exact) mass is 741 g/mol. The second-order valence-electron chi connectivity index (χ2n) is 15.2. The van der Waals surface area contributed by atoms with Crippen molar-refractivity contribution in [2.75, 3.05) is 50.8 Å². The molecule has 2 aromatic rings. The molecular weight excluding hydrogens is 667 g/mol. The van der Waals surface area contributed by atoms with Gasteiger partial charge in [-0.05, 0) is 57.9 Å². The standard InChI is InChI=1S/C48H74N3O3/c1-6-11-12-13-14-15-16-17-18-19-20-21-22-23-24-27-34-51(35-36-52)48(53)42-29-26-25-28-41(42)47-43-32-30-39(49(7-2)8-3)37-45(43)54-46-38-40(31-33-44(46)47)50(9-4)10-5/h25-26,28-33,37-38,48,52-53H,6-24,27,34-36H2,1-5H3/q+1. The largest absolute Gasteiger partial charge is 0.456 e. The van der Waals surface area contributed by atoms with E-state index in [2.05, 4.69) is 97.5 Å². The van der Waals surface area contributed by atoms with Gasteiger partial charge in [-0.25, -0.2) is 4.58 Å². The van der Waals surface area contributed by atoms with Crippen LogP contribution in [0.5, 0.6) is 0 Å². The molecule has 1 aliphatic heterocycles. The molecule has 1 aliphatic carbocycles. The zero-order valence-electron chi connectivity index (χ0n) is 34.8. The van der Waals surface area contributed by atoms with Crippen molar-refractivity contribution >= 4 is 16.7 Å². The third-order valence-electron chi connectivity index (χ3n) is 11.5. The molecule has 0 fully saturated rings. The normalized spacial score (nSPS) is 12.3. The van der Waals surface area contributed by atoms with Gasteiger partial charge in [0.15, 0.2) is 0 Å². The first-order valence-electron chi connectivity index (χ1n) is 22.0. The Hall–Kier alpha value is -3.19. The smallest absolute Gasteiger partial charge is 0.203 e. The van der Waals surface area contributed by atoms with E-state index in [4.69, 9.17) is 4.42 Å². The van der Waals surface area contributed by atoms with Crippen molar-refractivity contribution in [3.05, 3.63) is 71.6 Å². The summed E-state index contributed by atoms with van der Waals surface area (Å²) in [6, 6.07) is 21.4. The van der Waals surface area contributed by atoms with Crippen molar-refractivity contribution in [3.8, 4) is 22.5 Å². The first kappa shape index (κ1) is 43.5. The van der Waals surface area contributed by atoms with E-state index in [9.17, 15) is 10.2 Å². The molecule has 298 valence electrons. The van der Waals surface area contributed by atoms with Gasteiger partial charge in [0, 0.05) is 66.1 Å². The molecule has 0 saturated carbocycles. The van der Waals surface area contributed by atoms with Gasteiger partial charge >= 0.3 is 0 Å². The molecule has 1 heterocycles. The van der Waals surface area contributed by atoms with Crippen molar-refractivity contribution in [2.24, 2.45) is 0 Å². The van der Waals surface area contributed by atoms with Crippen LogP contribution in [0.2, 0.25) is 0 Å². The van der Waals surface area contributed by atoms with Crippen LogP contribution in [0.1, 0.15) is 149 Å². The Bertz CT molecular complexity index is 1670. The third kappa shape index (κ3) is 12.4. The maximum atomic E-state index is 12.1. The molecule has 0 spiro atoms. The Balaban J connectivity index is 1.46. The Morgan fingerprint density at radius 1 is 0.630 bits per heavy atom. The van der Waals surface area contributed by atoms with E-state index < -0.39 is 6.23 Å². The second kappa shape index (κ2) is 24.3. The fraction of sp³-hybridized carbons (Fsp3) is 0.604. The minimum atomic E-state index is -0.836. The van der Waals surface area contributed by atoms with E-state index in [-0.39, 0.29) is 6.61 Å². The quantitative estimate of drug-likeness (QED) is 0.0276. The molecule has 6 nitrogen and oxygen atoms in total. The average molecular weight is 741 g/mol. The van der Waals surface area contributed by atoms with Gasteiger partial charge in [0.1, 0.15) is 30.7 Å². The van der Waals surface area contributed by atoms with Crippen LogP contribution >= 0.6 is 0 Å².